The summed E-state index contributed by atoms with van der Waals surface area (Å²) in [5.41, 5.74) is 19.4. The van der Waals surface area contributed by atoms with Crippen LogP contribution >= 0.6 is 0 Å². The van der Waals surface area contributed by atoms with Crippen molar-refractivity contribution >= 4 is 22.7 Å². The van der Waals surface area contributed by atoms with Crippen LogP contribution in [0.15, 0.2) is 133 Å². The highest BCUT2D eigenvalue weighted by atomic mass is 14.9. The molecular formula is C56H64N2. The lowest BCUT2D eigenvalue weighted by Gasteiger charge is -2.33. The lowest BCUT2D eigenvalue weighted by atomic mass is 9.71. The number of anilines is 4. The van der Waals surface area contributed by atoms with Gasteiger partial charge in [0.2, 0.25) is 0 Å². The van der Waals surface area contributed by atoms with Gasteiger partial charge in [-0.3, -0.25) is 0 Å². The lowest BCUT2D eigenvalue weighted by molar-refractivity contribution is 0.414. The summed E-state index contributed by atoms with van der Waals surface area (Å²) in [5, 5.41) is 7.54. The molecule has 58 heavy (non-hydrogen) atoms. The average molecular weight is 765 g/mol. The molecule has 0 bridgehead atoms. The Hall–Kier alpha value is -5.08. The van der Waals surface area contributed by atoms with Crippen LogP contribution in [0.4, 0.5) is 22.7 Å². The van der Waals surface area contributed by atoms with E-state index in [1.54, 1.807) is 0 Å². The van der Waals surface area contributed by atoms with Crippen molar-refractivity contribution in [2.45, 2.75) is 128 Å². The third-order valence-electron chi connectivity index (χ3n) is 13.6. The van der Waals surface area contributed by atoms with E-state index in [1.807, 2.05) is 0 Å². The van der Waals surface area contributed by atoms with Gasteiger partial charge >= 0.3 is 0 Å². The smallest absolute Gasteiger partial charge is 0.0387 e. The summed E-state index contributed by atoms with van der Waals surface area (Å²) >= 11 is 0. The SMILES string of the molecule is CCCCC1(CCCC)c2ccccc2-c2ccc(Nc3ccc(CCc4ccc(Nc5ccc6c(c5)C(CCCC)(CCCC)c5ccccc5-6)cc4)cc3)cc21. The Labute approximate surface area is 349 Å². The van der Waals surface area contributed by atoms with Crippen LogP contribution in [0.25, 0.3) is 22.3 Å². The summed E-state index contributed by atoms with van der Waals surface area (Å²) in [6.07, 6.45) is 16.8. The molecule has 0 amide bonds. The number of hydrogen-bond acceptors (Lipinski definition) is 2. The summed E-state index contributed by atoms with van der Waals surface area (Å²) in [6.45, 7) is 9.30. The topological polar surface area (TPSA) is 24.1 Å². The highest BCUT2D eigenvalue weighted by Gasteiger charge is 2.43. The molecule has 298 valence electrons. The third-order valence-corrected chi connectivity index (χ3v) is 13.6. The largest absolute Gasteiger partial charge is 0.356 e. The first kappa shape index (κ1) is 39.7. The Morgan fingerprint density at radius 1 is 0.345 bits per heavy atom. The van der Waals surface area contributed by atoms with Crippen molar-refractivity contribution < 1.29 is 0 Å². The maximum absolute atomic E-state index is 3.77. The number of unbranched alkanes of at least 4 members (excludes halogenated alkanes) is 4. The van der Waals surface area contributed by atoms with E-state index < -0.39 is 0 Å². The Balaban J connectivity index is 0.918. The predicted octanol–water partition coefficient (Wildman–Crippen LogP) is 16.3. The van der Waals surface area contributed by atoms with Crippen LogP contribution in [0.1, 0.15) is 138 Å². The summed E-state index contributed by atoms with van der Waals surface area (Å²) < 4.78 is 0. The normalized spacial score (nSPS) is 14.1. The van der Waals surface area contributed by atoms with E-state index in [1.165, 1.54) is 144 Å². The van der Waals surface area contributed by atoms with Crippen molar-refractivity contribution in [1.82, 2.24) is 0 Å². The summed E-state index contributed by atoms with van der Waals surface area (Å²) in [7, 11) is 0. The fourth-order valence-electron chi connectivity index (χ4n) is 10.4. The molecule has 2 N–H and O–H groups in total. The first-order valence-electron chi connectivity index (χ1n) is 22.7. The van der Waals surface area contributed by atoms with E-state index in [9.17, 15) is 0 Å². The molecule has 2 aliphatic carbocycles. The van der Waals surface area contributed by atoms with E-state index in [0.717, 1.165) is 24.2 Å². The number of benzene rings is 6. The van der Waals surface area contributed by atoms with Crippen molar-refractivity contribution in [2.24, 2.45) is 0 Å². The van der Waals surface area contributed by atoms with Crippen LogP contribution < -0.4 is 10.6 Å². The van der Waals surface area contributed by atoms with Crippen LogP contribution in [0.5, 0.6) is 0 Å². The molecule has 6 aromatic rings. The standard InChI is InChI=1S/C56H64N2/c1-5-9-35-55(36-10-6-2)51-19-15-13-17-47(51)49-33-31-45(39-53(49)55)57-43-27-23-41(24-28-43)21-22-42-25-29-44(30-26-42)58-46-32-34-50-48-18-14-16-20-52(48)56(37-11-7-3,38-12-8-4)54(50)40-46/h13-20,23-34,39-40,57-58H,5-12,21-22,35-38H2,1-4H3. The molecule has 2 nitrogen and oxygen atoms in total. The fraction of sp³-hybridized carbons (Fsp3) is 0.357. The lowest BCUT2D eigenvalue weighted by Crippen LogP contribution is -2.25. The van der Waals surface area contributed by atoms with E-state index in [-0.39, 0.29) is 10.8 Å². The molecule has 0 saturated carbocycles. The van der Waals surface area contributed by atoms with Crippen molar-refractivity contribution in [3.63, 3.8) is 0 Å². The molecule has 0 aromatic heterocycles. The van der Waals surface area contributed by atoms with Crippen LogP contribution in [0.2, 0.25) is 0 Å². The summed E-state index contributed by atoms with van der Waals surface area (Å²) in [5.74, 6) is 0. The van der Waals surface area contributed by atoms with Gasteiger partial charge in [-0.15, -0.1) is 0 Å². The molecule has 8 rings (SSSR count). The molecule has 6 aromatic carbocycles. The Morgan fingerprint density at radius 3 is 1.03 bits per heavy atom. The molecule has 0 heterocycles. The van der Waals surface area contributed by atoms with Crippen molar-refractivity contribution in [3.05, 3.63) is 167 Å². The zero-order valence-electron chi connectivity index (χ0n) is 35.6. The monoisotopic (exact) mass is 765 g/mol. The van der Waals surface area contributed by atoms with E-state index in [4.69, 9.17) is 0 Å². The number of fused-ring (bicyclic) bond motifs is 6. The summed E-state index contributed by atoms with van der Waals surface area (Å²) in [4.78, 5) is 0. The van der Waals surface area contributed by atoms with Gasteiger partial charge in [0.1, 0.15) is 0 Å². The van der Waals surface area contributed by atoms with Gasteiger partial charge in [0.15, 0.2) is 0 Å². The van der Waals surface area contributed by atoms with Crippen LogP contribution in [0.3, 0.4) is 0 Å². The van der Waals surface area contributed by atoms with Crippen molar-refractivity contribution in [1.29, 1.82) is 0 Å². The molecular weight excluding hydrogens is 701 g/mol. The average Bonchev–Trinajstić information content (AvgIpc) is 3.69. The maximum atomic E-state index is 3.77. The van der Waals surface area contributed by atoms with Gasteiger partial charge < -0.3 is 10.6 Å². The Bertz CT molecular complexity index is 2120. The number of hydrogen-bond donors (Lipinski definition) is 2. The fourth-order valence-corrected chi connectivity index (χ4v) is 10.4. The number of rotatable bonds is 19. The second-order valence-corrected chi connectivity index (χ2v) is 17.3. The molecule has 0 saturated heterocycles. The third kappa shape index (κ3) is 7.75. The zero-order valence-corrected chi connectivity index (χ0v) is 35.6. The van der Waals surface area contributed by atoms with E-state index in [0.29, 0.717) is 0 Å². The molecule has 0 fully saturated rings. The molecule has 0 unspecified atom stereocenters. The van der Waals surface area contributed by atoms with Gasteiger partial charge in [0, 0.05) is 33.6 Å². The molecule has 0 radical (unpaired) electrons. The Kier molecular flexibility index (Phi) is 12.2. The molecule has 0 aliphatic heterocycles. The van der Waals surface area contributed by atoms with Gasteiger partial charge in [-0.2, -0.15) is 0 Å². The van der Waals surface area contributed by atoms with Crippen LogP contribution in [-0.2, 0) is 23.7 Å². The van der Waals surface area contributed by atoms with Gasteiger partial charge in [-0.25, -0.2) is 0 Å². The van der Waals surface area contributed by atoms with Crippen molar-refractivity contribution in [2.75, 3.05) is 10.6 Å². The molecule has 2 heteroatoms. The summed E-state index contributed by atoms with van der Waals surface area (Å²) in [6, 6.07) is 50.8. The molecule has 0 atom stereocenters. The van der Waals surface area contributed by atoms with Gasteiger partial charge in [-0.1, -0.05) is 164 Å². The highest BCUT2D eigenvalue weighted by molar-refractivity contribution is 5.84. The van der Waals surface area contributed by atoms with Gasteiger partial charge in [0.05, 0.1) is 0 Å². The molecule has 0 spiro atoms. The Morgan fingerprint density at radius 2 is 0.672 bits per heavy atom. The minimum atomic E-state index is 0.109. The first-order chi connectivity index (χ1) is 28.5. The van der Waals surface area contributed by atoms with Gasteiger partial charge in [-0.05, 0) is 143 Å². The minimum Gasteiger partial charge on any atom is -0.356 e. The predicted molar refractivity (Wildman–Crippen MR) is 250 cm³/mol. The highest BCUT2D eigenvalue weighted by Crippen LogP contribution is 2.56. The quantitative estimate of drug-likeness (QED) is 0.0858. The van der Waals surface area contributed by atoms with E-state index >= 15 is 0 Å². The van der Waals surface area contributed by atoms with Gasteiger partial charge in [0.25, 0.3) is 0 Å². The second kappa shape index (κ2) is 17.8. The number of nitrogens with one attached hydrogen (secondary N) is 2. The minimum absolute atomic E-state index is 0.109. The maximum Gasteiger partial charge on any atom is 0.0387 e. The van der Waals surface area contributed by atoms with Crippen molar-refractivity contribution in [3.8, 4) is 22.3 Å². The number of aryl methyl sites for hydroxylation is 2. The first-order valence-corrected chi connectivity index (χ1v) is 22.7. The molecule has 2 aliphatic rings. The van der Waals surface area contributed by atoms with E-state index in [2.05, 4.69) is 172 Å². The zero-order chi connectivity index (χ0) is 40.0. The van der Waals surface area contributed by atoms with Crippen LogP contribution in [-0.4, -0.2) is 0 Å². The van der Waals surface area contributed by atoms with Crippen LogP contribution in [0, 0.1) is 0 Å². The second-order valence-electron chi connectivity index (χ2n) is 17.3.